The zero-order valence-corrected chi connectivity index (χ0v) is 13.1. The summed E-state index contributed by atoms with van der Waals surface area (Å²) in [6.45, 7) is 6.89. The van der Waals surface area contributed by atoms with Crippen molar-refractivity contribution < 1.29 is 4.74 Å². The van der Waals surface area contributed by atoms with E-state index in [-0.39, 0.29) is 0 Å². The maximum atomic E-state index is 9.34. The zero-order chi connectivity index (χ0) is 15.2. The van der Waals surface area contributed by atoms with Gasteiger partial charge in [0, 0.05) is 25.3 Å². The number of hydrogen-bond donors (Lipinski definition) is 1. The normalized spacial score (nSPS) is 13.7. The number of benzene rings is 1. The van der Waals surface area contributed by atoms with Gasteiger partial charge in [0.2, 0.25) is 0 Å². The maximum absolute atomic E-state index is 9.34. The summed E-state index contributed by atoms with van der Waals surface area (Å²) in [7, 11) is 3.70. The average molecular weight is 275 g/mol. The molecule has 0 aliphatic carbocycles. The summed E-state index contributed by atoms with van der Waals surface area (Å²) in [6, 6.07) is 10.6. The number of methoxy groups -OCH3 is 1. The second-order valence-corrected chi connectivity index (χ2v) is 5.61. The standard InChI is InChI=1S/C16H25N3O/c1-13(2)18-16(3,12-17)10-11-19(4)14-6-8-15(20-5)9-7-14/h6-9,13,18H,10-11H2,1-5H3. The van der Waals surface area contributed by atoms with Gasteiger partial charge in [-0.3, -0.25) is 5.32 Å². The lowest BCUT2D eigenvalue weighted by Crippen LogP contribution is -2.46. The number of rotatable bonds is 7. The first-order chi connectivity index (χ1) is 9.40. The van der Waals surface area contributed by atoms with Crippen molar-refractivity contribution in [2.75, 3.05) is 25.6 Å². The van der Waals surface area contributed by atoms with Gasteiger partial charge >= 0.3 is 0 Å². The number of ether oxygens (including phenoxy) is 1. The summed E-state index contributed by atoms with van der Waals surface area (Å²) in [5.41, 5.74) is 0.630. The van der Waals surface area contributed by atoms with Crippen LogP contribution in [0, 0.1) is 11.3 Å². The molecule has 4 heteroatoms. The van der Waals surface area contributed by atoms with Crippen LogP contribution < -0.4 is 15.0 Å². The summed E-state index contributed by atoms with van der Waals surface area (Å²) in [5.74, 6) is 0.852. The Kier molecular flexibility index (Phi) is 5.84. The third-order valence-corrected chi connectivity index (χ3v) is 3.31. The third-order valence-electron chi connectivity index (χ3n) is 3.31. The Bertz CT molecular complexity index is 450. The molecule has 0 saturated carbocycles. The Morgan fingerprint density at radius 1 is 1.35 bits per heavy atom. The number of nitrogens with zero attached hydrogens (tertiary/aromatic N) is 2. The van der Waals surface area contributed by atoms with Crippen LogP contribution in [0.3, 0.4) is 0 Å². The molecule has 1 unspecified atom stereocenters. The molecule has 0 amide bonds. The van der Waals surface area contributed by atoms with E-state index in [9.17, 15) is 5.26 Å². The van der Waals surface area contributed by atoms with E-state index in [0.717, 1.165) is 24.4 Å². The number of nitrogens with one attached hydrogen (secondary N) is 1. The quantitative estimate of drug-likeness (QED) is 0.831. The Morgan fingerprint density at radius 2 is 1.95 bits per heavy atom. The fraction of sp³-hybridized carbons (Fsp3) is 0.562. The van der Waals surface area contributed by atoms with Crippen LogP contribution in [0.25, 0.3) is 0 Å². The molecule has 1 aromatic carbocycles. The molecule has 0 spiro atoms. The molecule has 1 rings (SSSR count). The highest BCUT2D eigenvalue weighted by atomic mass is 16.5. The van der Waals surface area contributed by atoms with Crippen molar-refractivity contribution >= 4 is 5.69 Å². The predicted octanol–water partition coefficient (Wildman–Crippen LogP) is 2.80. The SMILES string of the molecule is COc1ccc(N(C)CCC(C)(C#N)NC(C)C)cc1. The predicted molar refractivity (Wildman–Crippen MR) is 83.2 cm³/mol. The molecule has 0 heterocycles. The first-order valence-electron chi connectivity index (χ1n) is 6.94. The summed E-state index contributed by atoms with van der Waals surface area (Å²) in [4.78, 5) is 2.15. The van der Waals surface area contributed by atoms with Gasteiger partial charge in [-0.1, -0.05) is 0 Å². The highest BCUT2D eigenvalue weighted by Gasteiger charge is 2.24. The molecule has 1 aromatic rings. The van der Waals surface area contributed by atoms with E-state index >= 15 is 0 Å². The van der Waals surface area contributed by atoms with Gasteiger partial charge in [0.25, 0.3) is 0 Å². The molecule has 4 nitrogen and oxygen atoms in total. The van der Waals surface area contributed by atoms with Crippen molar-refractivity contribution in [1.29, 1.82) is 5.26 Å². The Hall–Kier alpha value is -1.73. The highest BCUT2D eigenvalue weighted by molar-refractivity contribution is 5.48. The van der Waals surface area contributed by atoms with Crippen LogP contribution in [0.4, 0.5) is 5.69 Å². The first-order valence-corrected chi connectivity index (χ1v) is 6.94. The van der Waals surface area contributed by atoms with Crippen molar-refractivity contribution in [3.05, 3.63) is 24.3 Å². The van der Waals surface area contributed by atoms with E-state index in [2.05, 4.69) is 30.1 Å². The highest BCUT2D eigenvalue weighted by Crippen LogP contribution is 2.19. The van der Waals surface area contributed by atoms with Gasteiger partial charge in [-0.15, -0.1) is 0 Å². The van der Waals surface area contributed by atoms with Crippen molar-refractivity contribution in [2.24, 2.45) is 0 Å². The van der Waals surface area contributed by atoms with Crippen LogP contribution in [-0.4, -0.2) is 32.3 Å². The van der Waals surface area contributed by atoms with E-state index in [1.54, 1.807) is 7.11 Å². The molecule has 0 fully saturated rings. The fourth-order valence-corrected chi connectivity index (χ4v) is 2.15. The molecule has 1 N–H and O–H groups in total. The van der Waals surface area contributed by atoms with Crippen LogP contribution in [0.5, 0.6) is 5.75 Å². The molecular formula is C16H25N3O. The smallest absolute Gasteiger partial charge is 0.119 e. The lowest BCUT2D eigenvalue weighted by Gasteiger charge is -2.29. The summed E-state index contributed by atoms with van der Waals surface area (Å²) < 4.78 is 5.15. The molecule has 0 radical (unpaired) electrons. The van der Waals surface area contributed by atoms with Crippen LogP contribution in [-0.2, 0) is 0 Å². The molecule has 20 heavy (non-hydrogen) atoms. The maximum Gasteiger partial charge on any atom is 0.119 e. The zero-order valence-electron chi connectivity index (χ0n) is 13.1. The lowest BCUT2D eigenvalue weighted by molar-refractivity contribution is 0.384. The van der Waals surface area contributed by atoms with Gasteiger partial charge in [-0.2, -0.15) is 5.26 Å². The summed E-state index contributed by atoms with van der Waals surface area (Å²) >= 11 is 0. The molecule has 0 bridgehead atoms. The number of nitriles is 1. The van der Waals surface area contributed by atoms with Gasteiger partial charge < -0.3 is 9.64 Å². The lowest BCUT2D eigenvalue weighted by atomic mass is 9.98. The Labute approximate surface area is 122 Å². The van der Waals surface area contributed by atoms with Crippen molar-refractivity contribution in [1.82, 2.24) is 5.32 Å². The van der Waals surface area contributed by atoms with Crippen LogP contribution in [0.2, 0.25) is 0 Å². The first kappa shape index (κ1) is 16.3. The minimum Gasteiger partial charge on any atom is -0.497 e. The molecule has 0 saturated heterocycles. The van der Waals surface area contributed by atoms with Gasteiger partial charge in [-0.05, 0) is 51.5 Å². The minimum atomic E-state index is -0.491. The van der Waals surface area contributed by atoms with Gasteiger partial charge in [0.15, 0.2) is 0 Å². The summed E-state index contributed by atoms with van der Waals surface area (Å²) in [6.07, 6.45) is 0.768. The van der Waals surface area contributed by atoms with E-state index < -0.39 is 5.54 Å². The van der Waals surface area contributed by atoms with Gasteiger partial charge in [0.1, 0.15) is 11.3 Å². The fourth-order valence-electron chi connectivity index (χ4n) is 2.15. The van der Waals surface area contributed by atoms with Crippen molar-refractivity contribution in [3.8, 4) is 11.8 Å². The second-order valence-electron chi connectivity index (χ2n) is 5.61. The topological polar surface area (TPSA) is 48.3 Å². The van der Waals surface area contributed by atoms with E-state index in [1.807, 2.05) is 38.2 Å². The van der Waals surface area contributed by atoms with Crippen molar-refractivity contribution in [2.45, 2.75) is 38.8 Å². The monoisotopic (exact) mass is 275 g/mol. The summed E-state index contributed by atoms with van der Waals surface area (Å²) in [5, 5.41) is 12.7. The number of hydrogen-bond acceptors (Lipinski definition) is 4. The molecule has 110 valence electrons. The van der Waals surface area contributed by atoms with E-state index in [4.69, 9.17) is 4.74 Å². The van der Waals surface area contributed by atoms with Crippen LogP contribution >= 0.6 is 0 Å². The molecule has 0 aliphatic rings. The molecular weight excluding hydrogens is 250 g/mol. The van der Waals surface area contributed by atoms with Gasteiger partial charge in [-0.25, -0.2) is 0 Å². The average Bonchev–Trinajstić information content (AvgIpc) is 2.44. The molecule has 0 aromatic heterocycles. The largest absolute Gasteiger partial charge is 0.497 e. The van der Waals surface area contributed by atoms with Crippen LogP contribution in [0.15, 0.2) is 24.3 Å². The van der Waals surface area contributed by atoms with Crippen molar-refractivity contribution in [3.63, 3.8) is 0 Å². The molecule has 0 aliphatic heterocycles. The third kappa shape index (κ3) is 4.75. The van der Waals surface area contributed by atoms with E-state index in [0.29, 0.717) is 6.04 Å². The second kappa shape index (κ2) is 7.16. The Balaban J connectivity index is 2.61. The minimum absolute atomic E-state index is 0.297. The van der Waals surface area contributed by atoms with E-state index in [1.165, 1.54) is 0 Å². The Morgan fingerprint density at radius 3 is 2.40 bits per heavy atom. The van der Waals surface area contributed by atoms with Gasteiger partial charge in [0.05, 0.1) is 13.2 Å². The molecule has 1 atom stereocenters. The number of anilines is 1. The van der Waals surface area contributed by atoms with Crippen LogP contribution in [0.1, 0.15) is 27.2 Å².